The summed E-state index contributed by atoms with van der Waals surface area (Å²) in [4.78, 5) is 4.07. The summed E-state index contributed by atoms with van der Waals surface area (Å²) in [6, 6.07) is 0. The Morgan fingerprint density at radius 2 is 2.05 bits per heavy atom. The minimum absolute atomic E-state index is 0.104. The Hall–Kier alpha value is -0.960. The molecule has 0 radical (unpaired) electrons. The van der Waals surface area contributed by atoms with Crippen molar-refractivity contribution in [2.45, 2.75) is 31.3 Å². The molecule has 0 saturated heterocycles. The number of sulfonamides is 1. The molecule has 1 aromatic rings. The van der Waals surface area contributed by atoms with E-state index >= 15 is 0 Å². The maximum absolute atomic E-state index is 11.3. The van der Waals surface area contributed by atoms with Gasteiger partial charge in [-0.25, -0.2) is 18.5 Å². The van der Waals surface area contributed by atoms with E-state index in [2.05, 4.69) is 4.98 Å². The summed E-state index contributed by atoms with van der Waals surface area (Å²) >= 11 is 0. The molecule has 0 aliphatic rings. The number of hydrogen-bond donors (Lipinski definition) is 1. The monoisotopic (exact) mass is 291 g/mol. The summed E-state index contributed by atoms with van der Waals surface area (Å²) in [5.41, 5.74) is 0. The van der Waals surface area contributed by atoms with Crippen molar-refractivity contribution in [3.8, 4) is 0 Å². The van der Waals surface area contributed by atoms with Crippen LogP contribution in [0.25, 0.3) is 0 Å². The van der Waals surface area contributed by atoms with Gasteiger partial charge in [0.25, 0.3) is 10.0 Å². The SMILES string of the molecule is COCCOCCn1cc(S(N)(=O)=O)nc1C(C)C. The van der Waals surface area contributed by atoms with Crippen LogP contribution in [0.2, 0.25) is 0 Å². The molecule has 1 rings (SSSR count). The van der Waals surface area contributed by atoms with Gasteiger partial charge in [-0.3, -0.25) is 0 Å². The van der Waals surface area contributed by atoms with Crippen LogP contribution in [0.15, 0.2) is 11.2 Å². The summed E-state index contributed by atoms with van der Waals surface area (Å²) in [6.07, 6.45) is 1.45. The molecule has 1 heterocycles. The third-order valence-corrected chi connectivity index (χ3v) is 3.28. The minimum Gasteiger partial charge on any atom is -0.382 e. The largest absolute Gasteiger partial charge is 0.382 e. The third kappa shape index (κ3) is 4.90. The molecule has 8 heteroatoms. The van der Waals surface area contributed by atoms with Crippen LogP contribution in [0.5, 0.6) is 0 Å². The van der Waals surface area contributed by atoms with Crippen molar-refractivity contribution >= 4 is 10.0 Å². The number of aromatic nitrogens is 2. The highest BCUT2D eigenvalue weighted by atomic mass is 32.2. The smallest absolute Gasteiger partial charge is 0.257 e. The second kappa shape index (κ2) is 6.99. The first-order valence-electron chi connectivity index (χ1n) is 6.02. The fourth-order valence-corrected chi connectivity index (χ4v) is 2.08. The Kier molecular flexibility index (Phi) is 5.92. The second-order valence-corrected chi connectivity index (χ2v) is 5.94. The molecule has 1 aromatic heterocycles. The number of hydrogen-bond acceptors (Lipinski definition) is 5. The molecule has 0 spiro atoms. The molecular weight excluding hydrogens is 270 g/mol. The molecule has 2 N–H and O–H groups in total. The van der Waals surface area contributed by atoms with E-state index in [9.17, 15) is 8.42 Å². The maximum atomic E-state index is 11.3. The summed E-state index contributed by atoms with van der Waals surface area (Å²) in [7, 11) is -2.16. The van der Waals surface area contributed by atoms with Crippen LogP contribution in [-0.2, 0) is 26.0 Å². The van der Waals surface area contributed by atoms with Crippen LogP contribution in [0.4, 0.5) is 0 Å². The van der Waals surface area contributed by atoms with E-state index in [1.807, 2.05) is 13.8 Å². The van der Waals surface area contributed by atoms with Gasteiger partial charge in [-0.1, -0.05) is 13.8 Å². The van der Waals surface area contributed by atoms with Crippen LogP contribution in [0.3, 0.4) is 0 Å². The van der Waals surface area contributed by atoms with E-state index in [0.29, 0.717) is 32.2 Å². The van der Waals surface area contributed by atoms with Gasteiger partial charge < -0.3 is 14.0 Å². The molecule has 0 saturated carbocycles. The van der Waals surface area contributed by atoms with Crippen molar-refractivity contribution in [2.24, 2.45) is 5.14 Å². The highest BCUT2D eigenvalue weighted by Gasteiger charge is 2.17. The lowest BCUT2D eigenvalue weighted by Gasteiger charge is -2.10. The van der Waals surface area contributed by atoms with Gasteiger partial charge >= 0.3 is 0 Å². The van der Waals surface area contributed by atoms with E-state index in [1.54, 1.807) is 11.7 Å². The van der Waals surface area contributed by atoms with Crippen molar-refractivity contribution in [2.75, 3.05) is 26.9 Å². The zero-order valence-electron chi connectivity index (χ0n) is 11.5. The normalized spacial score (nSPS) is 12.3. The Morgan fingerprint density at radius 1 is 1.37 bits per heavy atom. The first-order chi connectivity index (χ1) is 8.86. The number of methoxy groups -OCH3 is 1. The number of primary sulfonamides is 1. The molecule has 0 fully saturated rings. The molecule has 19 heavy (non-hydrogen) atoms. The fraction of sp³-hybridized carbons (Fsp3) is 0.727. The molecule has 0 aliphatic carbocycles. The first-order valence-corrected chi connectivity index (χ1v) is 7.57. The van der Waals surface area contributed by atoms with Crippen LogP contribution in [0, 0.1) is 0 Å². The van der Waals surface area contributed by atoms with Gasteiger partial charge in [-0.2, -0.15) is 0 Å². The maximum Gasteiger partial charge on any atom is 0.257 e. The summed E-state index contributed by atoms with van der Waals surface area (Å²) in [5.74, 6) is 0.786. The molecule has 7 nitrogen and oxygen atoms in total. The van der Waals surface area contributed by atoms with Gasteiger partial charge in [0.15, 0.2) is 5.03 Å². The van der Waals surface area contributed by atoms with Gasteiger partial charge in [0.2, 0.25) is 0 Å². The standard InChI is InChI=1S/C11H21N3O4S/c1-9(2)11-13-10(19(12,15)16)8-14(11)4-5-18-7-6-17-3/h8-9H,4-7H2,1-3H3,(H2,12,15,16). The van der Waals surface area contributed by atoms with Crippen LogP contribution in [0.1, 0.15) is 25.6 Å². The zero-order chi connectivity index (χ0) is 14.5. The van der Waals surface area contributed by atoms with Crippen LogP contribution < -0.4 is 5.14 Å². The third-order valence-electron chi connectivity index (χ3n) is 2.50. The van der Waals surface area contributed by atoms with Crippen molar-refractivity contribution in [1.82, 2.24) is 9.55 Å². The average Bonchev–Trinajstić information content (AvgIpc) is 2.72. The first kappa shape index (κ1) is 16.1. The predicted molar refractivity (Wildman–Crippen MR) is 70.4 cm³/mol. The summed E-state index contributed by atoms with van der Waals surface area (Å²) < 4.78 is 34.6. The van der Waals surface area contributed by atoms with E-state index in [4.69, 9.17) is 14.6 Å². The van der Waals surface area contributed by atoms with E-state index in [-0.39, 0.29) is 10.9 Å². The van der Waals surface area contributed by atoms with E-state index in [0.717, 1.165) is 0 Å². The van der Waals surface area contributed by atoms with Crippen LogP contribution >= 0.6 is 0 Å². The number of ether oxygens (including phenoxy) is 2. The Bertz CT molecular complexity index is 496. The lowest BCUT2D eigenvalue weighted by Crippen LogP contribution is -2.12. The zero-order valence-corrected chi connectivity index (χ0v) is 12.3. The Morgan fingerprint density at radius 3 is 2.58 bits per heavy atom. The molecular formula is C11H21N3O4S. The Balaban J connectivity index is 2.73. The molecule has 0 amide bonds. The molecule has 0 bridgehead atoms. The second-order valence-electron chi connectivity index (χ2n) is 4.44. The molecule has 0 unspecified atom stereocenters. The summed E-state index contributed by atoms with van der Waals surface area (Å²) in [6.45, 7) is 5.91. The molecule has 0 atom stereocenters. The minimum atomic E-state index is -3.77. The van der Waals surface area contributed by atoms with Crippen molar-refractivity contribution in [3.63, 3.8) is 0 Å². The average molecular weight is 291 g/mol. The van der Waals surface area contributed by atoms with Crippen molar-refractivity contribution in [3.05, 3.63) is 12.0 Å². The van der Waals surface area contributed by atoms with Crippen LogP contribution in [-0.4, -0.2) is 44.9 Å². The van der Waals surface area contributed by atoms with Crippen molar-refractivity contribution < 1.29 is 17.9 Å². The topological polar surface area (TPSA) is 96.4 Å². The fourth-order valence-electron chi connectivity index (χ4n) is 1.59. The van der Waals surface area contributed by atoms with Gasteiger partial charge in [0.05, 0.1) is 19.8 Å². The predicted octanol–water partition coefficient (Wildman–Crippen LogP) is 0.317. The van der Waals surface area contributed by atoms with Gasteiger partial charge in [0, 0.05) is 25.8 Å². The van der Waals surface area contributed by atoms with Crippen molar-refractivity contribution in [1.29, 1.82) is 0 Å². The molecule has 110 valence electrons. The number of nitrogens with two attached hydrogens (primary N) is 1. The van der Waals surface area contributed by atoms with Gasteiger partial charge in [-0.15, -0.1) is 0 Å². The highest BCUT2D eigenvalue weighted by Crippen LogP contribution is 2.16. The molecule has 0 aliphatic heterocycles. The van der Waals surface area contributed by atoms with Gasteiger partial charge in [0.1, 0.15) is 5.82 Å². The lowest BCUT2D eigenvalue weighted by molar-refractivity contribution is 0.0662. The highest BCUT2D eigenvalue weighted by molar-refractivity contribution is 7.89. The molecule has 0 aromatic carbocycles. The van der Waals surface area contributed by atoms with Gasteiger partial charge in [-0.05, 0) is 0 Å². The Labute approximate surface area is 113 Å². The number of imidazole rings is 1. The summed E-state index contributed by atoms with van der Waals surface area (Å²) in [5, 5.41) is 4.98. The lowest BCUT2D eigenvalue weighted by atomic mass is 10.2. The van der Waals surface area contributed by atoms with E-state index < -0.39 is 10.0 Å². The quantitative estimate of drug-likeness (QED) is 0.696. The number of nitrogens with zero attached hydrogens (tertiary/aromatic N) is 2. The number of rotatable bonds is 8. The van der Waals surface area contributed by atoms with E-state index in [1.165, 1.54) is 6.20 Å².